The third kappa shape index (κ3) is 2.16. The van der Waals surface area contributed by atoms with Crippen LogP contribution < -0.4 is 5.48 Å². The minimum atomic E-state index is -1.51. The third-order valence-electron chi connectivity index (χ3n) is 2.36. The lowest BCUT2D eigenvalue weighted by atomic mass is 9.95. The Labute approximate surface area is 93.3 Å². The number of rotatable bonds is 3. The van der Waals surface area contributed by atoms with Crippen molar-refractivity contribution in [3.63, 3.8) is 0 Å². The van der Waals surface area contributed by atoms with Crippen LogP contribution in [0.25, 0.3) is 0 Å². The Balaban J connectivity index is 2.99. The summed E-state index contributed by atoms with van der Waals surface area (Å²) >= 11 is 0. The number of cyclic esters (lactones) is 1. The van der Waals surface area contributed by atoms with Crippen molar-refractivity contribution in [3.05, 3.63) is 0 Å². The lowest BCUT2D eigenvalue weighted by Gasteiger charge is -2.40. The van der Waals surface area contributed by atoms with Crippen LogP contribution in [-0.2, 0) is 19.1 Å². The zero-order valence-corrected chi connectivity index (χ0v) is 9.73. The number of nitrogens with zero attached hydrogens (tertiary/aromatic N) is 1. The van der Waals surface area contributed by atoms with Crippen LogP contribution in [0.2, 0.25) is 0 Å². The highest BCUT2D eigenvalue weighted by Gasteiger charge is 2.51. The summed E-state index contributed by atoms with van der Waals surface area (Å²) in [5, 5.41) is 12.7. The predicted molar refractivity (Wildman–Crippen MR) is 53.9 cm³/mol. The third-order valence-corrected chi connectivity index (χ3v) is 2.36. The predicted octanol–water partition coefficient (Wildman–Crippen LogP) is 0.0358. The van der Waals surface area contributed by atoms with Crippen LogP contribution in [-0.4, -0.2) is 41.9 Å². The summed E-state index contributed by atoms with van der Waals surface area (Å²) in [5.41, 5.74) is 0.591. The summed E-state index contributed by atoms with van der Waals surface area (Å²) in [6, 6.07) is 0. The van der Waals surface area contributed by atoms with E-state index in [4.69, 9.17) is 14.7 Å². The van der Waals surface area contributed by atoms with Crippen molar-refractivity contribution in [3.8, 4) is 0 Å². The number of hydrogen-bond acceptors (Lipinski definition) is 7. The summed E-state index contributed by atoms with van der Waals surface area (Å²) in [4.78, 5) is 16.4. The number of oxime groups is 1. The molecule has 7 nitrogen and oxygen atoms in total. The van der Waals surface area contributed by atoms with E-state index in [1.54, 1.807) is 13.8 Å². The van der Waals surface area contributed by atoms with Crippen molar-refractivity contribution in [2.75, 3.05) is 13.7 Å². The van der Waals surface area contributed by atoms with Crippen LogP contribution >= 0.6 is 0 Å². The molecule has 92 valence electrons. The molecule has 1 unspecified atom stereocenters. The highest BCUT2D eigenvalue weighted by atomic mass is 16.7. The van der Waals surface area contributed by atoms with Crippen LogP contribution in [0.4, 0.5) is 0 Å². The molecule has 0 amide bonds. The summed E-state index contributed by atoms with van der Waals surface area (Å²) in [7, 11) is 1.34. The van der Waals surface area contributed by atoms with Gasteiger partial charge in [-0.05, 0) is 6.92 Å². The smallest absolute Gasteiger partial charge is 0.339 e. The Morgan fingerprint density at radius 3 is 2.69 bits per heavy atom. The fourth-order valence-electron chi connectivity index (χ4n) is 1.31. The molecular weight excluding hydrogens is 216 g/mol. The minimum absolute atomic E-state index is 0.0893. The second kappa shape index (κ2) is 4.36. The number of hydroxylamine groups is 1. The van der Waals surface area contributed by atoms with Crippen molar-refractivity contribution in [2.24, 2.45) is 5.16 Å². The van der Waals surface area contributed by atoms with Gasteiger partial charge in [-0.15, -0.1) is 0 Å². The van der Waals surface area contributed by atoms with Gasteiger partial charge in [0.05, 0.1) is 12.3 Å². The van der Waals surface area contributed by atoms with Gasteiger partial charge in [0.1, 0.15) is 7.11 Å². The van der Waals surface area contributed by atoms with Crippen molar-refractivity contribution < 1.29 is 24.3 Å². The average Bonchev–Trinajstić information content (AvgIpc) is 2.17. The number of nitrogens with one attached hydrogen (secondary N) is 1. The number of ether oxygens (including phenoxy) is 2. The van der Waals surface area contributed by atoms with Gasteiger partial charge >= 0.3 is 5.97 Å². The topological polar surface area (TPSA) is 89.4 Å². The molecule has 16 heavy (non-hydrogen) atoms. The molecule has 1 aliphatic heterocycles. The van der Waals surface area contributed by atoms with E-state index < -0.39 is 17.3 Å². The van der Waals surface area contributed by atoms with E-state index in [2.05, 4.69) is 9.99 Å². The first-order valence-corrected chi connectivity index (χ1v) is 4.75. The van der Waals surface area contributed by atoms with E-state index in [1.165, 1.54) is 14.0 Å². The summed E-state index contributed by atoms with van der Waals surface area (Å²) < 4.78 is 10.3. The van der Waals surface area contributed by atoms with Crippen LogP contribution in [0.3, 0.4) is 0 Å². The number of carbonyl (C=O) groups excluding carboxylic acids is 1. The van der Waals surface area contributed by atoms with Gasteiger partial charge in [-0.1, -0.05) is 5.16 Å². The van der Waals surface area contributed by atoms with Gasteiger partial charge in [0.25, 0.3) is 0 Å². The summed E-state index contributed by atoms with van der Waals surface area (Å²) in [6.07, 6.45) is 0. The Morgan fingerprint density at radius 1 is 1.62 bits per heavy atom. The molecule has 0 spiro atoms. The van der Waals surface area contributed by atoms with E-state index in [0.29, 0.717) is 0 Å². The standard InChI is InChI=1S/C9H16N2O5/c1-6(10-14-4)9(11-13)5-15-8(2,3)16-7(9)12/h11,13H,5H2,1-4H3. The lowest BCUT2D eigenvalue weighted by Crippen LogP contribution is -2.65. The maximum absolute atomic E-state index is 11.8. The molecule has 0 radical (unpaired) electrons. The largest absolute Gasteiger partial charge is 0.432 e. The van der Waals surface area contributed by atoms with E-state index in [0.717, 1.165) is 0 Å². The number of esters is 1. The zero-order chi connectivity index (χ0) is 12.4. The van der Waals surface area contributed by atoms with E-state index in [9.17, 15) is 4.79 Å². The molecule has 0 aromatic rings. The Morgan fingerprint density at radius 2 is 2.25 bits per heavy atom. The highest BCUT2D eigenvalue weighted by Crippen LogP contribution is 2.25. The fourth-order valence-corrected chi connectivity index (χ4v) is 1.31. The van der Waals surface area contributed by atoms with Crippen LogP contribution in [0.15, 0.2) is 5.16 Å². The average molecular weight is 232 g/mol. The van der Waals surface area contributed by atoms with Gasteiger partial charge in [-0.2, -0.15) is 5.48 Å². The SMILES string of the molecule is CON=C(C)C1(NO)COC(C)(C)OC1=O. The summed E-state index contributed by atoms with van der Waals surface area (Å²) in [6.45, 7) is 4.65. The van der Waals surface area contributed by atoms with Crippen molar-refractivity contribution >= 4 is 11.7 Å². The number of hydrogen-bond donors (Lipinski definition) is 2. The van der Waals surface area contributed by atoms with Gasteiger partial charge < -0.3 is 19.5 Å². The molecular formula is C9H16N2O5. The molecule has 0 aromatic heterocycles. The molecule has 0 saturated carbocycles. The van der Waals surface area contributed by atoms with Crippen LogP contribution in [0, 0.1) is 0 Å². The molecule has 1 heterocycles. The monoisotopic (exact) mass is 232 g/mol. The van der Waals surface area contributed by atoms with E-state index in [-0.39, 0.29) is 12.3 Å². The fraction of sp³-hybridized carbons (Fsp3) is 0.778. The first-order chi connectivity index (χ1) is 7.38. The molecule has 2 N–H and O–H groups in total. The van der Waals surface area contributed by atoms with Crippen molar-refractivity contribution in [1.29, 1.82) is 0 Å². The Hall–Kier alpha value is -1.18. The molecule has 0 aliphatic carbocycles. The molecule has 1 saturated heterocycles. The van der Waals surface area contributed by atoms with Gasteiger partial charge in [0, 0.05) is 13.8 Å². The molecule has 1 fully saturated rings. The normalized spacial score (nSPS) is 29.8. The molecule has 1 aliphatic rings. The summed E-state index contributed by atoms with van der Waals surface area (Å²) in [5.74, 6) is -1.67. The quantitative estimate of drug-likeness (QED) is 0.405. The minimum Gasteiger partial charge on any atom is -0.432 e. The molecule has 1 atom stereocenters. The van der Waals surface area contributed by atoms with Crippen molar-refractivity contribution in [2.45, 2.75) is 32.1 Å². The molecule has 0 bridgehead atoms. The second-order valence-corrected chi connectivity index (χ2v) is 3.95. The second-order valence-electron chi connectivity index (χ2n) is 3.95. The van der Waals surface area contributed by atoms with Crippen molar-refractivity contribution in [1.82, 2.24) is 5.48 Å². The van der Waals surface area contributed by atoms with Crippen LogP contribution in [0.1, 0.15) is 20.8 Å². The zero-order valence-electron chi connectivity index (χ0n) is 9.73. The van der Waals surface area contributed by atoms with Gasteiger partial charge in [0.15, 0.2) is 0 Å². The lowest BCUT2D eigenvalue weighted by molar-refractivity contribution is -0.253. The maximum Gasteiger partial charge on any atom is 0.339 e. The molecule has 0 aromatic carbocycles. The first-order valence-electron chi connectivity index (χ1n) is 4.75. The number of carbonyl (C=O) groups is 1. The van der Waals surface area contributed by atoms with E-state index >= 15 is 0 Å². The Bertz CT molecular complexity index is 315. The molecule has 7 heteroatoms. The first kappa shape index (κ1) is 12.9. The molecule has 1 rings (SSSR count). The van der Waals surface area contributed by atoms with Gasteiger partial charge in [-0.3, -0.25) is 0 Å². The van der Waals surface area contributed by atoms with Gasteiger partial charge in [-0.25, -0.2) is 4.79 Å². The van der Waals surface area contributed by atoms with Crippen LogP contribution in [0.5, 0.6) is 0 Å². The Kier molecular flexibility index (Phi) is 3.51. The van der Waals surface area contributed by atoms with E-state index in [1.807, 2.05) is 5.48 Å². The highest BCUT2D eigenvalue weighted by molar-refractivity contribution is 6.10. The maximum atomic E-state index is 11.8. The van der Waals surface area contributed by atoms with Gasteiger partial charge in [0.2, 0.25) is 11.3 Å².